The number of aromatic nitrogens is 6. The Morgan fingerprint density at radius 1 is 1.19 bits per heavy atom. The summed E-state index contributed by atoms with van der Waals surface area (Å²) in [5.74, 6) is 1.26. The molecule has 0 atom stereocenters. The van der Waals surface area contributed by atoms with Gasteiger partial charge in [0.25, 0.3) is 5.95 Å². The van der Waals surface area contributed by atoms with Gasteiger partial charge in [-0.05, 0) is 6.92 Å². The average molecular weight is 292 g/mol. The van der Waals surface area contributed by atoms with Crippen molar-refractivity contribution in [2.75, 3.05) is 30.3 Å². The molecule has 0 radical (unpaired) electrons. The van der Waals surface area contributed by atoms with Gasteiger partial charge in [0, 0.05) is 25.1 Å². The monoisotopic (exact) mass is 292 g/mol. The van der Waals surface area contributed by atoms with E-state index in [-0.39, 0.29) is 12.0 Å². The molecule has 2 aromatic rings. The van der Waals surface area contributed by atoms with Crippen LogP contribution in [0.3, 0.4) is 0 Å². The van der Waals surface area contributed by atoms with E-state index in [1.165, 1.54) is 17.3 Å². The van der Waals surface area contributed by atoms with Gasteiger partial charge in [-0.15, -0.1) is 0 Å². The lowest BCUT2D eigenvalue weighted by Crippen LogP contribution is -2.27. The molecule has 0 amide bonds. The fraction of sp³-hybridized carbons (Fsp3) is 0.583. The van der Waals surface area contributed by atoms with Crippen LogP contribution < -0.4 is 10.6 Å². The molecule has 0 aromatic carbocycles. The van der Waals surface area contributed by atoms with E-state index in [1.807, 2.05) is 20.8 Å². The van der Waals surface area contributed by atoms with Crippen LogP contribution in [0.5, 0.6) is 0 Å². The van der Waals surface area contributed by atoms with E-state index in [0.29, 0.717) is 30.9 Å². The van der Waals surface area contributed by atoms with Crippen LogP contribution in [0.25, 0.3) is 5.95 Å². The molecule has 0 saturated heterocycles. The second-order valence-corrected chi connectivity index (χ2v) is 5.33. The molecule has 9 nitrogen and oxygen atoms in total. The summed E-state index contributed by atoms with van der Waals surface area (Å²) in [7, 11) is 0. The lowest BCUT2D eigenvalue weighted by atomic mass is 9.95. The number of hydrogen-bond donors (Lipinski definition) is 3. The Balaban J connectivity index is 2.24. The van der Waals surface area contributed by atoms with E-state index in [4.69, 9.17) is 0 Å². The fourth-order valence-corrected chi connectivity index (χ4v) is 1.47. The van der Waals surface area contributed by atoms with E-state index in [9.17, 15) is 5.11 Å². The standard InChI is InChI=1S/C12H20N8O/c1-4-14-9-17-10(15-5-12(2,3)6-21)19-11(18-9)20-8-13-7-16-20/h7-8,21H,4-6H2,1-3H3,(H2,14,15,17,18,19). The van der Waals surface area contributed by atoms with Crippen molar-refractivity contribution < 1.29 is 5.11 Å². The number of hydrogen-bond acceptors (Lipinski definition) is 8. The lowest BCUT2D eigenvalue weighted by Gasteiger charge is -2.21. The highest BCUT2D eigenvalue weighted by molar-refractivity contribution is 5.37. The number of nitrogens with zero attached hydrogens (tertiary/aromatic N) is 6. The van der Waals surface area contributed by atoms with Crippen LogP contribution in [-0.4, -0.2) is 54.5 Å². The van der Waals surface area contributed by atoms with E-state index < -0.39 is 0 Å². The van der Waals surface area contributed by atoms with Gasteiger partial charge in [0.2, 0.25) is 11.9 Å². The third-order valence-corrected chi connectivity index (χ3v) is 2.74. The Kier molecular flexibility index (Phi) is 4.63. The molecule has 21 heavy (non-hydrogen) atoms. The molecule has 2 heterocycles. The summed E-state index contributed by atoms with van der Waals surface area (Å²) in [6.45, 7) is 7.16. The zero-order chi connectivity index (χ0) is 15.3. The smallest absolute Gasteiger partial charge is 0.258 e. The van der Waals surface area contributed by atoms with E-state index in [2.05, 4.69) is 35.7 Å². The Labute approximate surface area is 122 Å². The van der Waals surface area contributed by atoms with Crippen LogP contribution in [0.15, 0.2) is 12.7 Å². The normalized spacial score (nSPS) is 11.4. The molecule has 0 aliphatic carbocycles. The second kappa shape index (κ2) is 6.44. The van der Waals surface area contributed by atoms with Crippen LogP contribution in [0.2, 0.25) is 0 Å². The summed E-state index contributed by atoms with van der Waals surface area (Å²) in [4.78, 5) is 16.7. The van der Waals surface area contributed by atoms with Gasteiger partial charge in [-0.2, -0.15) is 24.7 Å². The second-order valence-electron chi connectivity index (χ2n) is 5.33. The summed E-state index contributed by atoms with van der Waals surface area (Å²) in [6, 6.07) is 0. The summed E-state index contributed by atoms with van der Waals surface area (Å²) < 4.78 is 1.46. The number of anilines is 2. The summed E-state index contributed by atoms with van der Waals surface area (Å²) in [5, 5.41) is 19.5. The van der Waals surface area contributed by atoms with E-state index in [0.717, 1.165) is 0 Å². The minimum Gasteiger partial charge on any atom is -0.396 e. The Morgan fingerprint density at radius 2 is 1.90 bits per heavy atom. The van der Waals surface area contributed by atoms with Crippen molar-refractivity contribution in [2.45, 2.75) is 20.8 Å². The van der Waals surface area contributed by atoms with Crippen LogP contribution >= 0.6 is 0 Å². The van der Waals surface area contributed by atoms with Gasteiger partial charge in [-0.1, -0.05) is 13.8 Å². The molecule has 0 bridgehead atoms. The first-order valence-corrected chi connectivity index (χ1v) is 6.74. The van der Waals surface area contributed by atoms with Crippen molar-refractivity contribution in [3.8, 4) is 5.95 Å². The Bertz CT molecular complexity index is 569. The molecule has 2 aromatic heterocycles. The van der Waals surface area contributed by atoms with Crippen LogP contribution in [0, 0.1) is 5.41 Å². The maximum atomic E-state index is 9.29. The maximum Gasteiger partial charge on any atom is 0.258 e. The van der Waals surface area contributed by atoms with Crippen molar-refractivity contribution in [1.82, 2.24) is 29.7 Å². The number of nitrogens with one attached hydrogen (secondary N) is 2. The van der Waals surface area contributed by atoms with Gasteiger partial charge in [-0.3, -0.25) is 0 Å². The molecule has 0 aliphatic heterocycles. The van der Waals surface area contributed by atoms with E-state index in [1.54, 1.807) is 0 Å². The van der Waals surface area contributed by atoms with E-state index >= 15 is 0 Å². The molecule has 0 unspecified atom stereocenters. The minimum atomic E-state index is -0.265. The largest absolute Gasteiger partial charge is 0.396 e. The lowest BCUT2D eigenvalue weighted by molar-refractivity contribution is 0.170. The van der Waals surface area contributed by atoms with Crippen LogP contribution in [-0.2, 0) is 0 Å². The summed E-state index contributed by atoms with van der Waals surface area (Å²) >= 11 is 0. The predicted octanol–water partition coefficient (Wildman–Crippen LogP) is 0.314. The van der Waals surface area contributed by atoms with Crippen molar-refractivity contribution in [2.24, 2.45) is 5.41 Å². The highest BCUT2D eigenvalue weighted by atomic mass is 16.3. The Morgan fingerprint density at radius 3 is 2.48 bits per heavy atom. The van der Waals surface area contributed by atoms with Crippen molar-refractivity contribution in [3.05, 3.63) is 12.7 Å². The molecular formula is C12H20N8O. The molecule has 114 valence electrons. The Hall–Kier alpha value is -2.29. The first-order valence-electron chi connectivity index (χ1n) is 6.74. The zero-order valence-electron chi connectivity index (χ0n) is 12.4. The quantitative estimate of drug-likeness (QED) is 0.668. The molecule has 2 rings (SSSR count). The predicted molar refractivity (Wildman–Crippen MR) is 78.3 cm³/mol. The molecule has 0 spiro atoms. The molecular weight excluding hydrogens is 272 g/mol. The third kappa shape index (κ3) is 4.09. The minimum absolute atomic E-state index is 0.0705. The molecule has 0 fully saturated rings. The van der Waals surface area contributed by atoms with Gasteiger partial charge >= 0.3 is 0 Å². The van der Waals surface area contributed by atoms with Gasteiger partial charge in [0.15, 0.2) is 0 Å². The first kappa shape index (κ1) is 15.1. The van der Waals surface area contributed by atoms with Gasteiger partial charge in [-0.25, -0.2) is 4.98 Å². The molecule has 3 N–H and O–H groups in total. The van der Waals surface area contributed by atoms with Crippen molar-refractivity contribution in [1.29, 1.82) is 0 Å². The zero-order valence-corrected chi connectivity index (χ0v) is 12.4. The number of rotatable bonds is 7. The highest BCUT2D eigenvalue weighted by Gasteiger charge is 2.17. The SMILES string of the molecule is CCNc1nc(NCC(C)(C)CO)nc(-n2cncn2)n1. The molecule has 9 heteroatoms. The third-order valence-electron chi connectivity index (χ3n) is 2.74. The average Bonchev–Trinajstić information content (AvgIpc) is 3.00. The topological polar surface area (TPSA) is 114 Å². The van der Waals surface area contributed by atoms with Crippen molar-refractivity contribution >= 4 is 11.9 Å². The molecule has 0 aliphatic rings. The van der Waals surface area contributed by atoms with Gasteiger partial charge in [0.1, 0.15) is 12.7 Å². The highest BCUT2D eigenvalue weighted by Crippen LogP contribution is 2.15. The number of aliphatic hydroxyl groups excluding tert-OH is 1. The summed E-state index contributed by atoms with van der Waals surface area (Å²) in [6.07, 6.45) is 2.94. The van der Waals surface area contributed by atoms with Gasteiger partial charge < -0.3 is 15.7 Å². The summed E-state index contributed by atoms with van der Waals surface area (Å²) in [5.41, 5.74) is -0.265. The fourth-order valence-electron chi connectivity index (χ4n) is 1.47. The van der Waals surface area contributed by atoms with Crippen LogP contribution in [0.1, 0.15) is 20.8 Å². The van der Waals surface area contributed by atoms with Crippen molar-refractivity contribution in [3.63, 3.8) is 0 Å². The maximum absolute atomic E-state index is 9.29. The first-order chi connectivity index (χ1) is 10.0. The number of aliphatic hydroxyl groups is 1. The van der Waals surface area contributed by atoms with Crippen LogP contribution in [0.4, 0.5) is 11.9 Å². The molecule has 0 saturated carbocycles. The van der Waals surface area contributed by atoms with Gasteiger partial charge in [0.05, 0.1) is 0 Å².